The van der Waals surface area contributed by atoms with Crippen molar-refractivity contribution >= 4 is 27.8 Å². The van der Waals surface area contributed by atoms with Crippen molar-refractivity contribution < 1.29 is 0 Å². The topological polar surface area (TPSA) is 3.24 Å². The molecule has 56 heavy (non-hydrogen) atoms. The van der Waals surface area contributed by atoms with Crippen LogP contribution in [0.2, 0.25) is 0 Å². The molecule has 1 heteroatoms. The van der Waals surface area contributed by atoms with Gasteiger partial charge < -0.3 is 4.90 Å². The Kier molecular flexibility index (Phi) is 8.23. The third kappa shape index (κ3) is 5.63. The van der Waals surface area contributed by atoms with Crippen LogP contribution in [0.5, 0.6) is 0 Å². The zero-order valence-electron chi connectivity index (χ0n) is 31.7. The van der Waals surface area contributed by atoms with E-state index in [1.165, 1.54) is 77.5 Å². The van der Waals surface area contributed by atoms with Gasteiger partial charge in [-0.15, -0.1) is 0 Å². The largest absolute Gasteiger partial charge is 0.310 e. The molecule has 1 aliphatic carbocycles. The number of benzene rings is 9. The van der Waals surface area contributed by atoms with E-state index < -0.39 is 0 Å². The Morgan fingerprint density at radius 3 is 1.62 bits per heavy atom. The Hall–Kier alpha value is -6.96. The molecular formula is C55H41N. The highest BCUT2D eigenvalue weighted by Gasteiger charge is 2.36. The molecule has 9 aromatic carbocycles. The van der Waals surface area contributed by atoms with Crippen LogP contribution >= 0.6 is 0 Å². The van der Waals surface area contributed by atoms with Gasteiger partial charge in [0.25, 0.3) is 0 Å². The highest BCUT2D eigenvalue weighted by Crippen LogP contribution is 2.52. The highest BCUT2D eigenvalue weighted by molar-refractivity contribution is 6.02. The molecule has 10 rings (SSSR count). The van der Waals surface area contributed by atoms with Gasteiger partial charge in [0.1, 0.15) is 0 Å². The summed E-state index contributed by atoms with van der Waals surface area (Å²) >= 11 is 0. The van der Waals surface area contributed by atoms with Gasteiger partial charge in [-0.25, -0.2) is 0 Å². The average Bonchev–Trinajstić information content (AvgIpc) is 3.49. The van der Waals surface area contributed by atoms with Gasteiger partial charge in [0.05, 0.1) is 5.69 Å². The van der Waals surface area contributed by atoms with Crippen molar-refractivity contribution in [2.24, 2.45) is 0 Å². The van der Waals surface area contributed by atoms with Crippen LogP contribution in [0.4, 0.5) is 17.1 Å². The van der Waals surface area contributed by atoms with Crippen molar-refractivity contribution in [3.05, 3.63) is 223 Å². The zero-order chi connectivity index (χ0) is 37.6. The Morgan fingerprint density at radius 2 is 0.857 bits per heavy atom. The van der Waals surface area contributed by atoms with Crippen molar-refractivity contribution in [2.75, 3.05) is 4.90 Å². The summed E-state index contributed by atoms with van der Waals surface area (Å²) in [6, 6.07) is 77.7. The molecular weight excluding hydrogens is 675 g/mol. The van der Waals surface area contributed by atoms with E-state index in [-0.39, 0.29) is 5.41 Å². The fourth-order valence-electron chi connectivity index (χ4n) is 8.98. The standard InChI is InChI=1S/C55H41N/c1-55(2)51-29-14-13-25-48(51)50-37-43(35-36-52(50)55)56(42-33-31-41(32-34-42)45-27-15-22-39-21-9-10-23-44(39)45)53-30-16-28-47(40-19-7-4-8-20-40)54(53)49-26-12-11-24-46(49)38-17-5-3-6-18-38/h3-37H,1-2H3. The number of rotatable bonds is 7. The van der Waals surface area contributed by atoms with E-state index in [0.717, 1.165) is 17.1 Å². The van der Waals surface area contributed by atoms with Crippen molar-refractivity contribution in [1.29, 1.82) is 0 Å². The zero-order valence-corrected chi connectivity index (χ0v) is 31.7. The predicted molar refractivity (Wildman–Crippen MR) is 238 cm³/mol. The van der Waals surface area contributed by atoms with Crippen molar-refractivity contribution in [3.8, 4) is 55.6 Å². The van der Waals surface area contributed by atoms with Crippen LogP contribution in [0.3, 0.4) is 0 Å². The quantitative estimate of drug-likeness (QED) is 0.159. The summed E-state index contributed by atoms with van der Waals surface area (Å²) in [5, 5.41) is 2.51. The SMILES string of the molecule is CC1(C)c2ccccc2-c2cc(N(c3ccc(-c4cccc5ccccc45)cc3)c3cccc(-c4ccccc4)c3-c3ccccc3-c3ccccc3)ccc21. The smallest absolute Gasteiger partial charge is 0.0546 e. The second kappa shape index (κ2) is 13.7. The minimum absolute atomic E-state index is 0.0810. The molecule has 0 atom stereocenters. The third-order valence-corrected chi connectivity index (χ3v) is 11.7. The summed E-state index contributed by atoms with van der Waals surface area (Å²) in [6.07, 6.45) is 0. The second-order valence-electron chi connectivity index (χ2n) is 15.3. The lowest BCUT2D eigenvalue weighted by Crippen LogP contribution is -2.15. The molecule has 0 saturated heterocycles. The molecule has 0 unspecified atom stereocenters. The van der Waals surface area contributed by atoms with Gasteiger partial charge >= 0.3 is 0 Å². The lowest BCUT2D eigenvalue weighted by Gasteiger charge is -2.31. The number of anilines is 3. The molecule has 1 nitrogen and oxygen atoms in total. The first-order valence-electron chi connectivity index (χ1n) is 19.5. The van der Waals surface area contributed by atoms with Crippen molar-refractivity contribution in [3.63, 3.8) is 0 Å². The predicted octanol–water partition coefficient (Wildman–Crippen LogP) is 15.3. The number of nitrogens with zero attached hydrogens (tertiary/aromatic N) is 1. The average molecular weight is 716 g/mol. The van der Waals surface area contributed by atoms with Gasteiger partial charge in [-0.2, -0.15) is 0 Å². The van der Waals surface area contributed by atoms with E-state index in [9.17, 15) is 0 Å². The van der Waals surface area contributed by atoms with Crippen LogP contribution < -0.4 is 4.90 Å². The molecule has 0 spiro atoms. The van der Waals surface area contributed by atoms with Gasteiger partial charge in [-0.1, -0.05) is 196 Å². The Balaban J connectivity index is 1.24. The summed E-state index contributed by atoms with van der Waals surface area (Å²) in [7, 11) is 0. The van der Waals surface area contributed by atoms with Gasteiger partial charge in [0.2, 0.25) is 0 Å². The molecule has 0 N–H and O–H groups in total. The van der Waals surface area contributed by atoms with Gasteiger partial charge in [0, 0.05) is 22.4 Å². The Morgan fingerprint density at radius 1 is 0.339 bits per heavy atom. The number of hydrogen-bond donors (Lipinski definition) is 0. The minimum atomic E-state index is -0.0810. The molecule has 266 valence electrons. The maximum atomic E-state index is 2.48. The first kappa shape index (κ1) is 33.6. The normalized spacial score (nSPS) is 12.6. The summed E-state index contributed by atoms with van der Waals surface area (Å²) in [5.74, 6) is 0. The summed E-state index contributed by atoms with van der Waals surface area (Å²) in [4.78, 5) is 2.48. The van der Waals surface area contributed by atoms with Crippen LogP contribution in [0.15, 0.2) is 212 Å². The molecule has 0 radical (unpaired) electrons. The first-order chi connectivity index (χ1) is 27.6. The molecule has 0 aliphatic heterocycles. The van der Waals surface area contributed by atoms with E-state index in [1.807, 2.05) is 0 Å². The van der Waals surface area contributed by atoms with Crippen LogP contribution in [-0.2, 0) is 5.41 Å². The van der Waals surface area contributed by atoms with Crippen LogP contribution in [-0.4, -0.2) is 0 Å². The van der Waals surface area contributed by atoms with Gasteiger partial charge in [-0.3, -0.25) is 0 Å². The van der Waals surface area contributed by atoms with Gasteiger partial charge in [0.15, 0.2) is 0 Å². The molecule has 9 aromatic rings. The Bertz CT molecular complexity index is 2860. The summed E-state index contributed by atoms with van der Waals surface area (Å²) in [6.45, 7) is 4.70. The lowest BCUT2D eigenvalue weighted by atomic mass is 9.82. The fraction of sp³-hybridized carbons (Fsp3) is 0.0545. The maximum Gasteiger partial charge on any atom is 0.0546 e. The molecule has 1 aliphatic rings. The summed E-state index contributed by atoms with van der Waals surface area (Å²) in [5.41, 5.74) is 18.2. The minimum Gasteiger partial charge on any atom is -0.310 e. The second-order valence-corrected chi connectivity index (χ2v) is 15.3. The van der Waals surface area contributed by atoms with E-state index >= 15 is 0 Å². The molecule has 0 heterocycles. The van der Waals surface area contributed by atoms with E-state index in [1.54, 1.807) is 0 Å². The van der Waals surface area contributed by atoms with E-state index in [4.69, 9.17) is 0 Å². The molecule has 0 amide bonds. The fourth-order valence-corrected chi connectivity index (χ4v) is 8.98. The maximum absolute atomic E-state index is 2.48. The van der Waals surface area contributed by atoms with E-state index in [0.29, 0.717) is 0 Å². The molecule has 0 bridgehead atoms. The third-order valence-electron chi connectivity index (χ3n) is 11.7. The van der Waals surface area contributed by atoms with Crippen molar-refractivity contribution in [1.82, 2.24) is 0 Å². The molecule has 0 saturated carbocycles. The lowest BCUT2D eigenvalue weighted by molar-refractivity contribution is 0.660. The summed E-state index contributed by atoms with van der Waals surface area (Å²) < 4.78 is 0. The van der Waals surface area contributed by atoms with Crippen molar-refractivity contribution in [2.45, 2.75) is 19.3 Å². The first-order valence-corrected chi connectivity index (χ1v) is 19.5. The Labute approximate surface area is 329 Å². The van der Waals surface area contributed by atoms with Crippen LogP contribution in [0.1, 0.15) is 25.0 Å². The monoisotopic (exact) mass is 715 g/mol. The number of hydrogen-bond acceptors (Lipinski definition) is 1. The van der Waals surface area contributed by atoms with Crippen LogP contribution in [0.25, 0.3) is 66.4 Å². The molecule has 0 aromatic heterocycles. The van der Waals surface area contributed by atoms with E-state index in [2.05, 4.69) is 231 Å². The molecule has 0 fully saturated rings. The van der Waals surface area contributed by atoms with Gasteiger partial charge in [-0.05, 0) is 102 Å². The van der Waals surface area contributed by atoms with Crippen LogP contribution in [0, 0.1) is 0 Å². The number of fused-ring (bicyclic) bond motifs is 4. The highest BCUT2D eigenvalue weighted by atomic mass is 15.1.